The van der Waals surface area contributed by atoms with Crippen LogP contribution >= 0.6 is 0 Å². The lowest BCUT2D eigenvalue weighted by Gasteiger charge is -2.10. The molecule has 4 N–H and O–H groups in total. The van der Waals surface area contributed by atoms with Gasteiger partial charge in [-0.2, -0.15) is 0 Å². The molecule has 1 aromatic rings. The first-order valence-electron chi connectivity index (χ1n) is 4.60. The molecular formula is C11H10FNO4. The predicted molar refractivity (Wildman–Crippen MR) is 57.6 cm³/mol. The van der Waals surface area contributed by atoms with Crippen molar-refractivity contribution in [1.82, 2.24) is 0 Å². The summed E-state index contributed by atoms with van der Waals surface area (Å²) in [5.41, 5.74) is 5.64. The topological polar surface area (TPSA) is 101 Å². The molecule has 1 rings (SSSR count). The van der Waals surface area contributed by atoms with Crippen molar-refractivity contribution in [2.45, 2.75) is 6.04 Å². The van der Waals surface area contributed by atoms with Gasteiger partial charge in [0, 0.05) is 6.08 Å². The Morgan fingerprint density at radius 3 is 2.53 bits per heavy atom. The average molecular weight is 239 g/mol. The van der Waals surface area contributed by atoms with E-state index in [1.807, 2.05) is 0 Å². The zero-order valence-corrected chi connectivity index (χ0v) is 8.63. The quantitative estimate of drug-likeness (QED) is 0.680. The third-order valence-corrected chi connectivity index (χ3v) is 2.06. The highest BCUT2D eigenvalue weighted by atomic mass is 19.1. The van der Waals surface area contributed by atoms with Gasteiger partial charge in [-0.05, 0) is 29.3 Å². The smallest absolute Gasteiger partial charge is 0.328 e. The van der Waals surface area contributed by atoms with E-state index in [9.17, 15) is 14.0 Å². The monoisotopic (exact) mass is 239 g/mol. The fourth-order valence-electron chi connectivity index (χ4n) is 1.26. The Kier molecular flexibility index (Phi) is 3.95. The fraction of sp³-hybridized carbons (Fsp3) is 0.0909. The van der Waals surface area contributed by atoms with Gasteiger partial charge in [-0.1, -0.05) is 6.07 Å². The summed E-state index contributed by atoms with van der Waals surface area (Å²) in [7, 11) is 0. The first kappa shape index (κ1) is 12.9. The minimum absolute atomic E-state index is 0.0231. The molecule has 0 saturated heterocycles. The molecule has 0 fully saturated rings. The Hall–Kier alpha value is -2.21. The maximum atomic E-state index is 13.0. The molecule has 1 aromatic carbocycles. The normalized spacial score (nSPS) is 12.6. The molecule has 0 bridgehead atoms. The maximum Gasteiger partial charge on any atom is 0.328 e. The van der Waals surface area contributed by atoms with Gasteiger partial charge in [0.25, 0.3) is 0 Å². The average Bonchev–Trinajstić information content (AvgIpc) is 2.26. The first-order chi connectivity index (χ1) is 7.91. The molecule has 0 aliphatic carbocycles. The van der Waals surface area contributed by atoms with Crippen molar-refractivity contribution in [3.63, 3.8) is 0 Å². The Labute approximate surface area is 96.0 Å². The van der Waals surface area contributed by atoms with Gasteiger partial charge in [-0.25, -0.2) is 9.18 Å². The van der Waals surface area contributed by atoms with Crippen molar-refractivity contribution in [3.8, 4) is 0 Å². The number of nitrogens with two attached hydrogens (primary N) is 1. The van der Waals surface area contributed by atoms with Crippen molar-refractivity contribution < 1.29 is 24.2 Å². The number of rotatable bonds is 4. The van der Waals surface area contributed by atoms with E-state index in [0.717, 1.165) is 18.2 Å². The summed E-state index contributed by atoms with van der Waals surface area (Å²) in [4.78, 5) is 21.1. The molecule has 0 aliphatic heterocycles. The lowest BCUT2D eigenvalue weighted by Crippen LogP contribution is -2.21. The summed E-state index contributed by atoms with van der Waals surface area (Å²) in [6, 6.07) is 1.94. The van der Waals surface area contributed by atoms with E-state index in [2.05, 4.69) is 0 Å². The van der Waals surface area contributed by atoms with Gasteiger partial charge in [0.05, 0.1) is 0 Å². The van der Waals surface area contributed by atoms with Crippen LogP contribution in [0.4, 0.5) is 4.39 Å². The lowest BCUT2D eigenvalue weighted by molar-refractivity contribution is -0.138. The van der Waals surface area contributed by atoms with Crippen LogP contribution in [0.15, 0.2) is 24.3 Å². The third kappa shape index (κ3) is 3.39. The van der Waals surface area contributed by atoms with Crippen LogP contribution in [0.2, 0.25) is 0 Å². The molecule has 0 unspecified atom stereocenters. The highest BCUT2D eigenvalue weighted by Crippen LogP contribution is 2.19. The SMILES string of the molecule is N[C@H](C(=O)O)c1cc(F)ccc1/C=C/C(=O)O. The van der Waals surface area contributed by atoms with Crippen LogP contribution in [0.25, 0.3) is 6.08 Å². The summed E-state index contributed by atoms with van der Waals surface area (Å²) in [5.74, 6) is -3.14. The van der Waals surface area contributed by atoms with Gasteiger partial charge >= 0.3 is 11.9 Å². The number of carboxylic acid groups (broad SMARTS) is 2. The number of halogens is 1. The second-order valence-electron chi connectivity index (χ2n) is 3.26. The first-order valence-corrected chi connectivity index (χ1v) is 4.60. The summed E-state index contributed by atoms with van der Waals surface area (Å²) in [6.45, 7) is 0. The molecule has 0 radical (unpaired) electrons. The number of hydrogen-bond acceptors (Lipinski definition) is 3. The molecule has 0 amide bonds. The Morgan fingerprint density at radius 2 is 2.00 bits per heavy atom. The second kappa shape index (κ2) is 5.22. The summed E-state index contributed by atoms with van der Waals surface area (Å²) < 4.78 is 13.0. The summed E-state index contributed by atoms with van der Waals surface area (Å²) in [6.07, 6.45) is 1.99. The zero-order chi connectivity index (χ0) is 13.0. The number of aliphatic carboxylic acids is 2. The van der Waals surface area contributed by atoms with Crippen molar-refractivity contribution in [3.05, 3.63) is 41.2 Å². The van der Waals surface area contributed by atoms with Gasteiger partial charge in [0.1, 0.15) is 11.9 Å². The molecule has 5 nitrogen and oxygen atoms in total. The van der Waals surface area contributed by atoms with Gasteiger partial charge in [-0.3, -0.25) is 4.79 Å². The molecule has 0 heterocycles. The van der Waals surface area contributed by atoms with Crippen molar-refractivity contribution >= 4 is 18.0 Å². The molecule has 6 heteroatoms. The molecule has 90 valence electrons. The Bertz CT molecular complexity index is 484. The van der Waals surface area contributed by atoms with E-state index in [1.165, 1.54) is 12.1 Å². The number of benzene rings is 1. The molecule has 0 saturated carbocycles. The standard InChI is InChI=1S/C11H10FNO4/c12-7-3-1-6(2-4-9(14)15)8(5-7)10(13)11(16)17/h1-5,10H,13H2,(H,14,15)(H,16,17)/b4-2+/t10-/m0/s1. The highest BCUT2D eigenvalue weighted by molar-refractivity contribution is 5.86. The van der Waals surface area contributed by atoms with Crippen molar-refractivity contribution in [2.24, 2.45) is 5.73 Å². The highest BCUT2D eigenvalue weighted by Gasteiger charge is 2.17. The van der Waals surface area contributed by atoms with E-state index >= 15 is 0 Å². The second-order valence-corrected chi connectivity index (χ2v) is 3.26. The van der Waals surface area contributed by atoms with Crippen LogP contribution in [0.3, 0.4) is 0 Å². The van der Waals surface area contributed by atoms with Crippen LogP contribution in [-0.4, -0.2) is 22.2 Å². The van der Waals surface area contributed by atoms with E-state index < -0.39 is 23.8 Å². The minimum Gasteiger partial charge on any atom is -0.480 e. The molecule has 1 atom stereocenters. The molecule has 0 aliphatic rings. The minimum atomic E-state index is -1.40. The number of carboxylic acids is 2. The van der Waals surface area contributed by atoms with Crippen molar-refractivity contribution in [1.29, 1.82) is 0 Å². The van der Waals surface area contributed by atoms with Crippen LogP contribution in [0, 0.1) is 5.82 Å². The molecule has 0 spiro atoms. The van der Waals surface area contributed by atoms with E-state index in [0.29, 0.717) is 0 Å². The van der Waals surface area contributed by atoms with Crippen LogP contribution in [0.1, 0.15) is 17.2 Å². The fourth-order valence-corrected chi connectivity index (χ4v) is 1.26. The Morgan fingerprint density at radius 1 is 1.35 bits per heavy atom. The lowest BCUT2D eigenvalue weighted by atomic mass is 10.0. The Balaban J connectivity index is 3.21. The van der Waals surface area contributed by atoms with E-state index in [1.54, 1.807) is 0 Å². The summed E-state index contributed by atoms with van der Waals surface area (Å²) >= 11 is 0. The molecule has 0 aromatic heterocycles. The van der Waals surface area contributed by atoms with Gasteiger partial charge in [0.2, 0.25) is 0 Å². The van der Waals surface area contributed by atoms with Crippen molar-refractivity contribution in [2.75, 3.05) is 0 Å². The summed E-state index contributed by atoms with van der Waals surface area (Å²) in [5, 5.41) is 17.2. The van der Waals surface area contributed by atoms with E-state index in [-0.39, 0.29) is 11.1 Å². The van der Waals surface area contributed by atoms with Gasteiger partial charge in [-0.15, -0.1) is 0 Å². The largest absolute Gasteiger partial charge is 0.480 e. The van der Waals surface area contributed by atoms with Crippen LogP contribution < -0.4 is 5.73 Å². The zero-order valence-electron chi connectivity index (χ0n) is 8.63. The molecular weight excluding hydrogens is 229 g/mol. The van der Waals surface area contributed by atoms with Gasteiger partial charge in [0.15, 0.2) is 0 Å². The number of hydrogen-bond donors (Lipinski definition) is 3. The van der Waals surface area contributed by atoms with Crippen LogP contribution in [0.5, 0.6) is 0 Å². The molecule has 17 heavy (non-hydrogen) atoms. The number of carbonyl (C=O) groups is 2. The van der Waals surface area contributed by atoms with Crippen LogP contribution in [-0.2, 0) is 9.59 Å². The predicted octanol–water partition coefficient (Wildman–Crippen LogP) is 1.01. The third-order valence-electron chi connectivity index (χ3n) is 2.06. The maximum absolute atomic E-state index is 13.0. The van der Waals surface area contributed by atoms with E-state index in [4.69, 9.17) is 15.9 Å². The van der Waals surface area contributed by atoms with Gasteiger partial charge < -0.3 is 15.9 Å².